The molecule has 0 radical (unpaired) electrons. The van der Waals surface area contributed by atoms with Gasteiger partial charge in [0, 0.05) is 36.1 Å². The number of carbonyl (C=O) groups excluding carboxylic acids is 2. The van der Waals surface area contributed by atoms with Crippen molar-refractivity contribution >= 4 is 39.6 Å². The van der Waals surface area contributed by atoms with Crippen LogP contribution in [0.4, 0.5) is 11.9 Å². The standard InChI is InChI=1S/C17H21BrN6O2/c18-13-6-4-12(5-7-13)15(26)19-9-8-14(25)20-16-21-17(23-22-16)24-10-2-1-3-11-24/h4-7H,1-3,8-11H2,(H,19,26)(H2,20,21,22,23,25). The number of rotatable bonds is 6. The van der Waals surface area contributed by atoms with Gasteiger partial charge in [0.25, 0.3) is 5.91 Å². The largest absolute Gasteiger partial charge is 0.352 e. The highest BCUT2D eigenvalue weighted by atomic mass is 79.9. The molecule has 9 heteroatoms. The van der Waals surface area contributed by atoms with Gasteiger partial charge in [-0.2, -0.15) is 4.98 Å². The number of H-pyrrole nitrogens is 1. The van der Waals surface area contributed by atoms with Crippen molar-refractivity contribution < 1.29 is 9.59 Å². The van der Waals surface area contributed by atoms with Gasteiger partial charge in [-0.3, -0.25) is 14.9 Å². The van der Waals surface area contributed by atoms with Crippen LogP contribution in [-0.4, -0.2) is 46.6 Å². The number of hydrogen-bond donors (Lipinski definition) is 3. The van der Waals surface area contributed by atoms with Gasteiger partial charge in [-0.05, 0) is 43.5 Å². The minimum atomic E-state index is -0.234. The lowest BCUT2D eigenvalue weighted by atomic mass is 10.1. The maximum absolute atomic E-state index is 12.0. The van der Waals surface area contributed by atoms with E-state index in [1.807, 2.05) is 0 Å². The number of carbonyl (C=O) groups is 2. The summed E-state index contributed by atoms with van der Waals surface area (Å²) in [7, 11) is 0. The molecule has 0 atom stereocenters. The molecule has 0 unspecified atom stereocenters. The minimum absolute atomic E-state index is 0.155. The zero-order valence-corrected chi connectivity index (χ0v) is 15.9. The second kappa shape index (κ2) is 8.79. The van der Waals surface area contributed by atoms with Crippen LogP contribution in [0.1, 0.15) is 36.0 Å². The van der Waals surface area contributed by atoms with E-state index < -0.39 is 0 Å². The highest BCUT2D eigenvalue weighted by Gasteiger charge is 2.16. The molecule has 0 saturated carbocycles. The molecular formula is C17H21BrN6O2. The van der Waals surface area contributed by atoms with E-state index in [0.717, 1.165) is 30.4 Å². The Morgan fingerprint density at radius 1 is 1.15 bits per heavy atom. The van der Waals surface area contributed by atoms with Crippen LogP contribution >= 0.6 is 15.9 Å². The molecule has 0 aliphatic carbocycles. The quantitative estimate of drug-likeness (QED) is 0.665. The number of aromatic nitrogens is 3. The third kappa shape index (κ3) is 5.04. The number of aromatic amines is 1. The fourth-order valence-corrected chi connectivity index (χ4v) is 3.00. The molecule has 1 aromatic carbocycles. The first-order valence-electron chi connectivity index (χ1n) is 8.63. The van der Waals surface area contributed by atoms with Crippen LogP contribution in [0.15, 0.2) is 28.7 Å². The van der Waals surface area contributed by atoms with Crippen LogP contribution in [-0.2, 0) is 4.79 Å². The number of halogens is 1. The molecule has 138 valence electrons. The molecule has 3 rings (SSSR count). The zero-order chi connectivity index (χ0) is 18.4. The van der Waals surface area contributed by atoms with Gasteiger partial charge in [-0.25, -0.2) is 5.10 Å². The van der Waals surface area contributed by atoms with E-state index in [2.05, 4.69) is 46.6 Å². The summed E-state index contributed by atoms with van der Waals surface area (Å²) >= 11 is 3.32. The third-order valence-corrected chi connectivity index (χ3v) is 4.64. The zero-order valence-electron chi connectivity index (χ0n) is 14.3. The first kappa shape index (κ1) is 18.4. The average Bonchev–Trinajstić information content (AvgIpc) is 3.11. The molecule has 2 amide bonds. The molecule has 0 bridgehead atoms. The number of nitrogens with one attached hydrogen (secondary N) is 3. The molecule has 8 nitrogen and oxygen atoms in total. The van der Waals surface area contributed by atoms with E-state index in [0.29, 0.717) is 17.5 Å². The van der Waals surface area contributed by atoms with Crippen molar-refractivity contribution in [1.29, 1.82) is 0 Å². The molecule has 1 saturated heterocycles. The monoisotopic (exact) mass is 420 g/mol. The summed E-state index contributed by atoms with van der Waals surface area (Å²) in [6, 6.07) is 7.03. The highest BCUT2D eigenvalue weighted by molar-refractivity contribution is 9.10. The molecule has 0 spiro atoms. The Morgan fingerprint density at radius 3 is 2.62 bits per heavy atom. The molecule has 2 aromatic rings. The number of nitrogens with zero attached hydrogens (tertiary/aromatic N) is 3. The van der Waals surface area contributed by atoms with Gasteiger partial charge in [0.1, 0.15) is 0 Å². The van der Waals surface area contributed by atoms with Crippen LogP contribution in [0.2, 0.25) is 0 Å². The molecule has 1 aliphatic rings. The van der Waals surface area contributed by atoms with Crippen LogP contribution in [0.25, 0.3) is 0 Å². The highest BCUT2D eigenvalue weighted by Crippen LogP contribution is 2.16. The lowest BCUT2D eigenvalue weighted by Crippen LogP contribution is -2.30. The van der Waals surface area contributed by atoms with E-state index >= 15 is 0 Å². The first-order valence-corrected chi connectivity index (χ1v) is 9.42. The number of benzene rings is 1. The smallest absolute Gasteiger partial charge is 0.251 e. The van der Waals surface area contributed by atoms with Gasteiger partial charge >= 0.3 is 0 Å². The maximum atomic E-state index is 12.0. The van der Waals surface area contributed by atoms with Gasteiger partial charge < -0.3 is 10.2 Å². The molecule has 1 aliphatic heterocycles. The molecule has 2 heterocycles. The molecule has 1 fully saturated rings. The summed E-state index contributed by atoms with van der Waals surface area (Å²) in [5.41, 5.74) is 0.551. The summed E-state index contributed by atoms with van der Waals surface area (Å²) in [6.45, 7) is 2.12. The van der Waals surface area contributed by atoms with E-state index in [1.165, 1.54) is 6.42 Å². The van der Waals surface area contributed by atoms with Crippen molar-refractivity contribution in [3.05, 3.63) is 34.3 Å². The van der Waals surface area contributed by atoms with Gasteiger partial charge in [0.05, 0.1) is 0 Å². The van der Waals surface area contributed by atoms with Crippen molar-refractivity contribution in [2.24, 2.45) is 0 Å². The Hall–Kier alpha value is -2.42. The second-order valence-electron chi connectivity index (χ2n) is 6.09. The third-order valence-electron chi connectivity index (χ3n) is 4.11. The van der Waals surface area contributed by atoms with E-state index in [-0.39, 0.29) is 24.8 Å². The van der Waals surface area contributed by atoms with Gasteiger partial charge in [-0.1, -0.05) is 15.9 Å². The number of anilines is 2. The van der Waals surface area contributed by atoms with Crippen molar-refractivity contribution in [2.45, 2.75) is 25.7 Å². The molecule has 1 aromatic heterocycles. The normalized spacial score (nSPS) is 14.1. The Morgan fingerprint density at radius 2 is 1.88 bits per heavy atom. The Kier molecular flexibility index (Phi) is 6.21. The molecule has 26 heavy (non-hydrogen) atoms. The first-order chi connectivity index (χ1) is 12.6. The summed E-state index contributed by atoms with van der Waals surface area (Å²) in [4.78, 5) is 30.4. The summed E-state index contributed by atoms with van der Waals surface area (Å²) in [5, 5.41) is 12.3. The van der Waals surface area contributed by atoms with Crippen molar-refractivity contribution in [3.8, 4) is 0 Å². The number of amides is 2. The minimum Gasteiger partial charge on any atom is -0.352 e. The predicted molar refractivity (Wildman–Crippen MR) is 102 cm³/mol. The second-order valence-corrected chi connectivity index (χ2v) is 7.01. The lowest BCUT2D eigenvalue weighted by Gasteiger charge is -2.24. The van der Waals surface area contributed by atoms with E-state index in [9.17, 15) is 9.59 Å². The van der Waals surface area contributed by atoms with Crippen LogP contribution in [0.5, 0.6) is 0 Å². The number of piperidine rings is 1. The number of hydrogen-bond acceptors (Lipinski definition) is 5. The van der Waals surface area contributed by atoms with E-state index in [4.69, 9.17) is 0 Å². The van der Waals surface area contributed by atoms with Gasteiger partial charge in [0.2, 0.25) is 17.8 Å². The topological polar surface area (TPSA) is 103 Å². The SMILES string of the molecule is O=C(CCNC(=O)c1ccc(Br)cc1)Nc1nc(N2CCCCC2)n[nH]1. The van der Waals surface area contributed by atoms with Crippen LogP contribution in [0.3, 0.4) is 0 Å². The fraction of sp³-hybridized carbons (Fsp3) is 0.412. The van der Waals surface area contributed by atoms with Crippen molar-refractivity contribution in [1.82, 2.24) is 20.5 Å². The molecular weight excluding hydrogens is 400 g/mol. The van der Waals surface area contributed by atoms with Crippen LogP contribution < -0.4 is 15.5 Å². The van der Waals surface area contributed by atoms with E-state index in [1.54, 1.807) is 24.3 Å². The fourth-order valence-electron chi connectivity index (χ4n) is 2.73. The predicted octanol–water partition coefficient (Wildman–Crippen LogP) is 2.32. The summed E-state index contributed by atoms with van der Waals surface area (Å²) in [6.07, 6.45) is 3.65. The van der Waals surface area contributed by atoms with Crippen LogP contribution in [0, 0.1) is 0 Å². The van der Waals surface area contributed by atoms with Gasteiger partial charge in [0.15, 0.2) is 0 Å². The Bertz CT molecular complexity index is 755. The summed E-state index contributed by atoms with van der Waals surface area (Å²) < 4.78 is 0.907. The van der Waals surface area contributed by atoms with Gasteiger partial charge in [-0.15, -0.1) is 5.10 Å². The Labute approximate surface area is 159 Å². The molecule has 3 N–H and O–H groups in total. The lowest BCUT2D eigenvalue weighted by molar-refractivity contribution is -0.116. The van der Waals surface area contributed by atoms with Crippen molar-refractivity contribution in [3.63, 3.8) is 0 Å². The maximum Gasteiger partial charge on any atom is 0.251 e. The average molecular weight is 421 g/mol. The van der Waals surface area contributed by atoms with Crippen molar-refractivity contribution in [2.75, 3.05) is 29.9 Å². The Balaban J connectivity index is 1.42. The summed E-state index contributed by atoms with van der Waals surface area (Å²) in [5.74, 6) is 0.498.